The van der Waals surface area contributed by atoms with Crippen LogP contribution in [0.15, 0.2) is 48.5 Å². The van der Waals surface area contributed by atoms with E-state index in [0.717, 1.165) is 99.9 Å². The van der Waals surface area contributed by atoms with Crippen LogP contribution in [0.25, 0.3) is 0 Å². The van der Waals surface area contributed by atoms with Crippen LogP contribution < -0.4 is 9.47 Å². The first-order valence-electron chi connectivity index (χ1n) is 32.5. The summed E-state index contributed by atoms with van der Waals surface area (Å²) in [5.41, 5.74) is -3.86. The standard InChI is InChI=1S/C69H100O20/c1-3-5-7-9-11-13-15-17-19-21-23-25-27-29-31-33-35-84-59-43-51(41-57(74)63(59)78)67(82)88-47-69(45-86-65(80)49-37-53(70)61(76)54(71)38-49,46-87-66(81)50-39-55(72)62(77)56(73)40-50)48-89-68(83)52-42-58(75)64(79)60(44-52)85-36-34-32-30-28-26-24-22-20-18-16-14-12-10-8-6-4-2/h37-44,70-79H,3-36,45-48H2,1-2H3. The second-order valence-corrected chi connectivity index (χ2v) is 23.5. The number of hydrogen-bond acceptors (Lipinski definition) is 20. The highest BCUT2D eigenvalue weighted by Crippen LogP contribution is 2.41. The molecule has 20 nitrogen and oxygen atoms in total. The fourth-order valence-corrected chi connectivity index (χ4v) is 10.2. The Morgan fingerprint density at radius 1 is 0.281 bits per heavy atom. The van der Waals surface area contributed by atoms with Crippen LogP contribution >= 0.6 is 0 Å². The molecule has 0 saturated carbocycles. The van der Waals surface area contributed by atoms with Gasteiger partial charge in [0.1, 0.15) is 31.8 Å². The molecule has 0 fully saturated rings. The van der Waals surface area contributed by atoms with Crippen molar-refractivity contribution in [2.75, 3.05) is 39.6 Å². The average Bonchev–Trinajstić information content (AvgIpc) is 3.67. The van der Waals surface area contributed by atoms with E-state index in [9.17, 15) is 70.2 Å². The van der Waals surface area contributed by atoms with Crippen LogP contribution in [0.2, 0.25) is 0 Å². The summed E-state index contributed by atoms with van der Waals surface area (Å²) in [5, 5.41) is 104. The highest BCUT2D eigenvalue weighted by Gasteiger charge is 2.39. The molecule has 0 aromatic heterocycles. The molecule has 496 valence electrons. The maximum absolute atomic E-state index is 14.0. The molecule has 10 N–H and O–H groups in total. The van der Waals surface area contributed by atoms with Gasteiger partial charge in [0.2, 0.25) is 11.5 Å². The first-order valence-corrected chi connectivity index (χ1v) is 32.5. The van der Waals surface area contributed by atoms with Gasteiger partial charge in [-0.3, -0.25) is 0 Å². The summed E-state index contributed by atoms with van der Waals surface area (Å²) in [6.07, 6.45) is 37.4. The molecule has 0 aliphatic rings. The van der Waals surface area contributed by atoms with Gasteiger partial charge in [0.25, 0.3) is 0 Å². The number of benzene rings is 4. The molecule has 0 atom stereocenters. The maximum Gasteiger partial charge on any atom is 0.338 e. The van der Waals surface area contributed by atoms with Crippen molar-refractivity contribution < 1.29 is 98.7 Å². The minimum atomic E-state index is -2.14. The Labute approximate surface area is 524 Å². The minimum Gasteiger partial charge on any atom is -0.504 e. The lowest BCUT2D eigenvalue weighted by Crippen LogP contribution is -2.44. The van der Waals surface area contributed by atoms with Crippen LogP contribution in [-0.4, -0.2) is 115 Å². The predicted octanol–water partition coefficient (Wildman–Crippen LogP) is 15.7. The first-order chi connectivity index (χ1) is 42.9. The number of carbonyl (C=O) groups excluding carboxylic acids is 4. The highest BCUT2D eigenvalue weighted by atomic mass is 16.6. The SMILES string of the molecule is CCCCCCCCCCCCCCCCCCOc1cc(C(=O)OCC(COC(=O)c2cc(O)c(O)c(O)c2)(COC(=O)c2cc(O)c(O)c(O)c2)COC(=O)c2cc(O)c(O)c(OCCCCCCCCCCCCCCCCCC)c2)cc(O)c1O. The second-order valence-electron chi connectivity index (χ2n) is 23.5. The quantitative estimate of drug-likeness (QED) is 0.00850. The monoisotopic (exact) mass is 1250 g/mol. The summed E-state index contributed by atoms with van der Waals surface area (Å²) in [4.78, 5) is 55.1. The predicted molar refractivity (Wildman–Crippen MR) is 336 cm³/mol. The number of unbranched alkanes of at least 4 members (excludes halogenated alkanes) is 30. The molecule has 0 bridgehead atoms. The summed E-state index contributed by atoms with van der Waals surface area (Å²) in [5.74, 6) is -13.7. The van der Waals surface area contributed by atoms with Gasteiger partial charge in [-0.15, -0.1) is 0 Å². The Bertz CT molecular complexity index is 2530. The Hall–Kier alpha value is -7.64. The molecule has 0 aliphatic heterocycles. The fraction of sp³-hybridized carbons (Fsp3) is 0.594. The van der Waals surface area contributed by atoms with Crippen molar-refractivity contribution in [2.24, 2.45) is 5.41 Å². The Morgan fingerprint density at radius 2 is 0.472 bits per heavy atom. The van der Waals surface area contributed by atoms with Crippen LogP contribution in [0.3, 0.4) is 0 Å². The summed E-state index contributed by atoms with van der Waals surface area (Å²) in [7, 11) is 0. The van der Waals surface area contributed by atoms with Crippen molar-refractivity contribution in [3.8, 4) is 69.0 Å². The van der Waals surface area contributed by atoms with E-state index in [0.29, 0.717) is 12.8 Å². The fourth-order valence-electron chi connectivity index (χ4n) is 10.2. The van der Waals surface area contributed by atoms with E-state index >= 15 is 0 Å². The zero-order valence-corrected chi connectivity index (χ0v) is 52.5. The van der Waals surface area contributed by atoms with E-state index < -0.39 is 124 Å². The molecule has 4 aromatic rings. The molecule has 0 unspecified atom stereocenters. The number of esters is 4. The summed E-state index contributed by atoms with van der Waals surface area (Å²) >= 11 is 0. The van der Waals surface area contributed by atoms with Gasteiger partial charge in [-0.05, 0) is 61.4 Å². The summed E-state index contributed by atoms with van der Waals surface area (Å²) < 4.78 is 34.1. The smallest absolute Gasteiger partial charge is 0.338 e. The van der Waals surface area contributed by atoms with Crippen molar-refractivity contribution in [3.05, 3.63) is 70.8 Å². The number of carbonyl (C=O) groups is 4. The van der Waals surface area contributed by atoms with Crippen molar-refractivity contribution in [1.82, 2.24) is 0 Å². The van der Waals surface area contributed by atoms with Crippen molar-refractivity contribution in [3.63, 3.8) is 0 Å². The molecule has 0 heterocycles. The Balaban J connectivity index is 1.45. The number of ether oxygens (including phenoxy) is 6. The summed E-state index contributed by atoms with van der Waals surface area (Å²) in [6.45, 7) is 0.865. The zero-order valence-electron chi connectivity index (χ0n) is 52.5. The average molecular weight is 1250 g/mol. The molecule has 0 aliphatic carbocycles. The summed E-state index contributed by atoms with van der Waals surface area (Å²) in [6, 6.07) is 7.08. The van der Waals surface area contributed by atoms with E-state index in [1.165, 1.54) is 141 Å². The van der Waals surface area contributed by atoms with Crippen molar-refractivity contribution in [2.45, 2.75) is 219 Å². The second kappa shape index (κ2) is 41.6. The van der Waals surface area contributed by atoms with E-state index in [1.807, 2.05) is 0 Å². The lowest BCUT2D eigenvalue weighted by molar-refractivity contribution is -0.0642. The van der Waals surface area contributed by atoms with Gasteiger partial charge in [-0.1, -0.05) is 206 Å². The van der Waals surface area contributed by atoms with Gasteiger partial charge in [-0.25, -0.2) is 19.2 Å². The van der Waals surface area contributed by atoms with Gasteiger partial charge >= 0.3 is 23.9 Å². The van der Waals surface area contributed by atoms with Crippen molar-refractivity contribution in [1.29, 1.82) is 0 Å². The molecule has 4 aromatic carbocycles. The molecule has 0 amide bonds. The number of phenols is 10. The van der Waals surface area contributed by atoms with Crippen LogP contribution in [0.1, 0.15) is 261 Å². The number of phenolic OH excluding ortho intramolecular Hbond substituents is 10. The lowest BCUT2D eigenvalue weighted by Gasteiger charge is -2.31. The van der Waals surface area contributed by atoms with Gasteiger partial charge in [0.05, 0.1) is 35.5 Å². The molecule has 0 spiro atoms. The molecule has 4 rings (SSSR count). The molecular weight excluding hydrogens is 1150 g/mol. The molecular formula is C69H100O20. The third-order valence-electron chi connectivity index (χ3n) is 15.7. The lowest BCUT2D eigenvalue weighted by atomic mass is 9.92. The van der Waals surface area contributed by atoms with Crippen LogP contribution in [0.4, 0.5) is 0 Å². The Kier molecular flexibility index (Phi) is 34.5. The zero-order chi connectivity index (χ0) is 64.8. The highest BCUT2D eigenvalue weighted by molar-refractivity contribution is 5.93. The van der Waals surface area contributed by atoms with Crippen LogP contribution in [0.5, 0.6) is 69.0 Å². The van der Waals surface area contributed by atoms with Crippen LogP contribution in [-0.2, 0) is 18.9 Å². The number of aromatic hydroxyl groups is 10. The van der Waals surface area contributed by atoms with Gasteiger partial charge in [-0.2, -0.15) is 0 Å². The molecule has 0 saturated heterocycles. The minimum absolute atomic E-state index is 0.133. The first kappa shape index (κ1) is 73.8. The maximum atomic E-state index is 14.0. The third kappa shape index (κ3) is 27.3. The molecule has 89 heavy (non-hydrogen) atoms. The van der Waals surface area contributed by atoms with E-state index in [4.69, 9.17) is 28.4 Å². The molecule has 20 heteroatoms. The van der Waals surface area contributed by atoms with E-state index in [1.54, 1.807) is 0 Å². The van der Waals surface area contributed by atoms with Gasteiger partial charge in [0.15, 0.2) is 57.5 Å². The van der Waals surface area contributed by atoms with E-state index in [-0.39, 0.29) is 35.8 Å². The number of hydrogen-bond donors (Lipinski definition) is 10. The van der Waals surface area contributed by atoms with E-state index in [2.05, 4.69) is 13.8 Å². The Morgan fingerprint density at radius 3 is 0.697 bits per heavy atom. The van der Waals surface area contributed by atoms with Crippen LogP contribution in [0, 0.1) is 5.41 Å². The van der Waals surface area contributed by atoms with Gasteiger partial charge < -0.3 is 79.5 Å². The topological polar surface area (TPSA) is 326 Å². The molecule has 0 radical (unpaired) electrons. The van der Waals surface area contributed by atoms with Crippen molar-refractivity contribution >= 4 is 23.9 Å². The normalized spacial score (nSPS) is 11.3. The largest absolute Gasteiger partial charge is 0.504 e. The van der Waals surface area contributed by atoms with Gasteiger partial charge in [0, 0.05) is 0 Å². The third-order valence-corrected chi connectivity index (χ3v) is 15.7. The number of rotatable bonds is 48.